The van der Waals surface area contributed by atoms with Crippen LogP contribution in [0.15, 0.2) is 36.4 Å². The smallest absolute Gasteiger partial charge is 0.269 e. The van der Waals surface area contributed by atoms with Gasteiger partial charge in [-0.25, -0.2) is 4.98 Å². The molecule has 1 aromatic carbocycles. The first-order chi connectivity index (χ1) is 19.5. The molecule has 0 radical (unpaired) electrons. The first kappa shape index (κ1) is 27.0. The standard InChI is InChI=1S/C29H37N9O3/c1-15-7-4-11-19(33-15)25(41)32-13-20-22-29(37-26(30)36-22)23(39)21(14-38(29)27(31)35-20)34-24(40)17-8-5-10-18-16(17)9-6-12-28(18,2)3/h4-5,7-8,10-11,20-23,39H,6,9,12-14H2,1-3H3,(H2,31,35)(H,32,41)(H,34,40)(H3,30,36,37)/t20-,21?,22-,23+,29-/m0/s1. The fourth-order valence-electron chi connectivity index (χ4n) is 7.05. The molecule has 12 heteroatoms. The summed E-state index contributed by atoms with van der Waals surface area (Å²) in [4.78, 5) is 32.3. The highest BCUT2D eigenvalue weighted by Crippen LogP contribution is 2.39. The van der Waals surface area contributed by atoms with Crippen molar-refractivity contribution in [3.05, 3.63) is 64.5 Å². The molecule has 2 amide bonds. The van der Waals surface area contributed by atoms with Crippen LogP contribution in [-0.4, -0.2) is 81.7 Å². The van der Waals surface area contributed by atoms with E-state index in [1.807, 2.05) is 25.1 Å². The summed E-state index contributed by atoms with van der Waals surface area (Å²) in [5.41, 5.74) is 2.60. The van der Waals surface area contributed by atoms with E-state index in [0.29, 0.717) is 5.56 Å². The minimum Gasteiger partial charge on any atom is -0.386 e. The Balaban J connectivity index is 1.22. The van der Waals surface area contributed by atoms with Crippen LogP contribution >= 0.6 is 0 Å². The summed E-state index contributed by atoms with van der Waals surface area (Å²) >= 11 is 0. The molecule has 4 aliphatic rings. The van der Waals surface area contributed by atoms with E-state index < -0.39 is 29.9 Å². The van der Waals surface area contributed by atoms with Gasteiger partial charge in [-0.15, -0.1) is 0 Å². The third-order valence-electron chi connectivity index (χ3n) is 9.05. The maximum absolute atomic E-state index is 13.6. The summed E-state index contributed by atoms with van der Waals surface area (Å²) in [6, 6.07) is 9.23. The van der Waals surface area contributed by atoms with E-state index in [1.54, 1.807) is 17.0 Å². The molecule has 12 nitrogen and oxygen atoms in total. The molecule has 1 aromatic heterocycles. The average Bonchev–Trinajstić information content (AvgIpc) is 3.43. The van der Waals surface area contributed by atoms with Crippen molar-refractivity contribution >= 4 is 23.7 Å². The van der Waals surface area contributed by atoms with Crippen molar-refractivity contribution in [1.29, 1.82) is 10.8 Å². The molecular weight excluding hydrogens is 522 g/mol. The molecule has 2 aromatic rings. The number of aliphatic hydroxyl groups is 1. The molecule has 3 saturated heterocycles. The zero-order valence-electron chi connectivity index (χ0n) is 23.5. The molecule has 4 heterocycles. The lowest BCUT2D eigenvalue weighted by molar-refractivity contribution is 0.00612. The lowest BCUT2D eigenvalue weighted by atomic mass is 9.71. The van der Waals surface area contributed by atoms with Crippen LogP contribution in [-0.2, 0) is 11.8 Å². The molecule has 5 atom stereocenters. The molecule has 1 unspecified atom stereocenters. The predicted molar refractivity (Wildman–Crippen MR) is 153 cm³/mol. The topological polar surface area (TPSA) is 178 Å². The second-order valence-electron chi connectivity index (χ2n) is 12.1. The van der Waals surface area contributed by atoms with Crippen molar-refractivity contribution in [2.24, 2.45) is 0 Å². The number of carbonyl (C=O) groups excluding carboxylic acids is 2. The number of hydrogen-bond donors (Lipinski definition) is 8. The first-order valence-corrected chi connectivity index (χ1v) is 14.1. The third kappa shape index (κ3) is 4.37. The van der Waals surface area contributed by atoms with E-state index >= 15 is 0 Å². The van der Waals surface area contributed by atoms with Gasteiger partial charge in [0.2, 0.25) is 0 Å². The Morgan fingerprint density at radius 3 is 2.71 bits per heavy atom. The number of aromatic nitrogens is 1. The number of nitrogens with one attached hydrogen (secondary N) is 7. The zero-order valence-corrected chi connectivity index (χ0v) is 23.5. The van der Waals surface area contributed by atoms with Crippen LogP contribution in [0.5, 0.6) is 0 Å². The zero-order chi connectivity index (χ0) is 29.1. The molecule has 3 aliphatic heterocycles. The summed E-state index contributed by atoms with van der Waals surface area (Å²) in [6.07, 6.45) is 1.75. The molecule has 8 N–H and O–H groups in total. The monoisotopic (exact) mass is 559 g/mol. The number of pyridine rings is 1. The Morgan fingerprint density at radius 2 is 1.93 bits per heavy atom. The molecule has 6 rings (SSSR count). The lowest BCUT2D eigenvalue weighted by Crippen LogP contribution is -2.78. The molecule has 1 aliphatic carbocycles. The SMILES string of the molecule is Cc1cccc(C(=O)NC[C@@H]2NC(=N)N3CC(NC(=O)c4cccc5c4CCCC5(C)C)[C@@H](O)[C@@]34NC(=N)N[C@@H]24)n1. The normalized spacial score (nSPS) is 29.3. The number of aryl methyl sites for hydroxylation is 1. The maximum atomic E-state index is 13.6. The molecule has 0 bridgehead atoms. The van der Waals surface area contributed by atoms with Gasteiger partial charge >= 0.3 is 0 Å². The van der Waals surface area contributed by atoms with Crippen LogP contribution in [0.4, 0.5) is 0 Å². The predicted octanol–water partition coefficient (Wildman–Crippen LogP) is 0.308. The van der Waals surface area contributed by atoms with Crippen LogP contribution < -0.4 is 26.6 Å². The molecule has 1 spiro atoms. The Morgan fingerprint density at radius 1 is 1.15 bits per heavy atom. The number of benzene rings is 1. The van der Waals surface area contributed by atoms with Gasteiger partial charge in [0.15, 0.2) is 17.6 Å². The van der Waals surface area contributed by atoms with E-state index in [4.69, 9.17) is 10.8 Å². The van der Waals surface area contributed by atoms with Crippen molar-refractivity contribution in [3.8, 4) is 0 Å². The quantitative estimate of drug-likeness (QED) is 0.258. The van der Waals surface area contributed by atoms with Gasteiger partial charge in [0.05, 0.1) is 18.1 Å². The van der Waals surface area contributed by atoms with Crippen LogP contribution in [0, 0.1) is 17.7 Å². The number of hydrogen-bond acceptors (Lipinski definition) is 6. The van der Waals surface area contributed by atoms with Crippen molar-refractivity contribution in [3.63, 3.8) is 0 Å². The highest BCUT2D eigenvalue weighted by atomic mass is 16.3. The van der Waals surface area contributed by atoms with Crippen molar-refractivity contribution < 1.29 is 14.7 Å². The Hall–Kier alpha value is -4.19. The van der Waals surface area contributed by atoms with Crippen LogP contribution in [0.25, 0.3) is 0 Å². The number of rotatable bonds is 5. The van der Waals surface area contributed by atoms with Crippen molar-refractivity contribution in [2.45, 2.75) is 75.3 Å². The van der Waals surface area contributed by atoms with Gasteiger partial charge in [-0.05, 0) is 60.9 Å². The van der Waals surface area contributed by atoms with Crippen LogP contribution in [0.3, 0.4) is 0 Å². The van der Waals surface area contributed by atoms with Crippen molar-refractivity contribution in [1.82, 2.24) is 36.5 Å². The molecule has 216 valence electrons. The second-order valence-corrected chi connectivity index (χ2v) is 12.1. The average molecular weight is 560 g/mol. The Labute approximate surface area is 238 Å². The van der Waals surface area contributed by atoms with Gasteiger partial charge in [-0.1, -0.05) is 32.0 Å². The minimum atomic E-state index is -1.26. The molecule has 3 fully saturated rings. The van der Waals surface area contributed by atoms with Gasteiger partial charge in [0, 0.05) is 24.3 Å². The summed E-state index contributed by atoms with van der Waals surface area (Å²) in [6.45, 7) is 6.50. The maximum Gasteiger partial charge on any atom is 0.269 e. The minimum absolute atomic E-state index is 0.00133. The van der Waals surface area contributed by atoms with E-state index in [1.165, 1.54) is 5.56 Å². The van der Waals surface area contributed by atoms with E-state index in [2.05, 4.69) is 51.5 Å². The molecular formula is C29H37N9O3. The van der Waals surface area contributed by atoms with Gasteiger partial charge < -0.3 is 36.6 Å². The summed E-state index contributed by atoms with van der Waals surface area (Å²) in [7, 11) is 0. The Kier molecular flexibility index (Phi) is 6.40. The van der Waals surface area contributed by atoms with Crippen LogP contribution in [0.1, 0.15) is 64.4 Å². The van der Waals surface area contributed by atoms with E-state index in [9.17, 15) is 14.7 Å². The highest BCUT2D eigenvalue weighted by molar-refractivity contribution is 5.97. The van der Waals surface area contributed by atoms with Gasteiger partial charge in [-0.2, -0.15) is 0 Å². The van der Waals surface area contributed by atoms with E-state index in [-0.39, 0.29) is 47.9 Å². The lowest BCUT2D eigenvalue weighted by Gasteiger charge is -2.49. The summed E-state index contributed by atoms with van der Waals surface area (Å²) in [5.74, 6) is -0.580. The van der Waals surface area contributed by atoms with Crippen molar-refractivity contribution in [2.75, 3.05) is 13.1 Å². The number of aliphatic hydroxyl groups excluding tert-OH is 1. The van der Waals surface area contributed by atoms with Gasteiger partial charge in [-0.3, -0.25) is 20.4 Å². The Bertz CT molecular complexity index is 1440. The largest absolute Gasteiger partial charge is 0.386 e. The first-order valence-electron chi connectivity index (χ1n) is 14.1. The molecule has 41 heavy (non-hydrogen) atoms. The number of guanidine groups is 2. The fourth-order valence-corrected chi connectivity index (χ4v) is 7.05. The highest BCUT2D eigenvalue weighted by Gasteiger charge is 2.66. The third-order valence-corrected chi connectivity index (χ3v) is 9.05. The summed E-state index contributed by atoms with van der Waals surface area (Å²) < 4.78 is 0. The number of nitrogens with zero attached hydrogens (tertiary/aromatic N) is 2. The van der Waals surface area contributed by atoms with Gasteiger partial charge in [0.25, 0.3) is 11.8 Å². The number of amides is 2. The van der Waals surface area contributed by atoms with Gasteiger partial charge in [0.1, 0.15) is 11.8 Å². The van der Waals surface area contributed by atoms with Crippen LogP contribution in [0.2, 0.25) is 0 Å². The fraction of sp³-hybridized carbons (Fsp3) is 0.483. The number of carbonyl (C=O) groups is 2. The molecule has 0 saturated carbocycles. The number of fused-ring (bicyclic) bond motifs is 1. The van der Waals surface area contributed by atoms with E-state index in [0.717, 1.165) is 30.5 Å². The second kappa shape index (κ2) is 9.72. The summed E-state index contributed by atoms with van der Waals surface area (Å²) in [5, 5.41) is 44.0.